The van der Waals surface area contributed by atoms with E-state index in [1.807, 2.05) is 44.2 Å². The first-order chi connectivity index (χ1) is 31.5. The van der Waals surface area contributed by atoms with Gasteiger partial charge in [-0.2, -0.15) is 0 Å². The van der Waals surface area contributed by atoms with E-state index in [0.717, 1.165) is 69.8 Å². The number of hydrogen-bond acceptors (Lipinski definition) is 9. The molecule has 1 saturated heterocycles. The van der Waals surface area contributed by atoms with Crippen LogP contribution in [-0.4, -0.2) is 105 Å². The van der Waals surface area contributed by atoms with E-state index >= 15 is 0 Å². The summed E-state index contributed by atoms with van der Waals surface area (Å²) in [7, 11) is 0. The van der Waals surface area contributed by atoms with E-state index in [0.29, 0.717) is 24.8 Å². The smallest absolute Gasteiger partial charge is 0.326 e. The molecule has 17 heteroatoms. The van der Waals surface area contributed by atoms with E-state index < -0.39 is 84.1 Å². The molecule has 0 spiro atoms. The molecule has 2 aromatic rings. The van der Waals surface area contributed by atoms with Crippen LogP contribution in [-0.2, 0) is 51.2 Å². The van der Waals surface area contributed by atoms with Gasteiger partial charge in [0, 0.05) is 38.6 Å². The van der Waals surface area contributed by atoms with Crippen LogP contribution in [0.1, 0.15) is 134 Å². The minimum absolute atomic E-state index is 0.0256. The first-order valence-electron chi connectivity index (χ1n) is 23.6. The van der Waals surface area contributed by atoms with Crippen LogP contribution < -0.4 is 32.7 Å². The molecule has 2 aromatic carbocycles. The van der Waals surface area contributed by atoms with Crippen molar-refractivity contribution < 1.29 is 48.6 Å². The first kappa shape index (κ1) is 54.5. The fourth-order valence-electron chi connectivity index (χ4n) is 8.13. The zero-order chi connectivity index (χ0) is 48.4. The van der Waals surface area contributed by atoms with Crippen molar-refractivity contribution in [1.29, 1.82) is 0 Å². The molecule has 1 aliphatic rings. The van der Waals surface area contributed by atoms with Gasteiger partial charge in [-0.15, -0.1) is 0 Å². The number of β-amino-alcohol motifs (C(OH)–C–C–N with tert-alkyl or cyclic N) is 1. The summed E-state index contributed by atoms with van der Waals surface area (Å²) in [6, 6.07) is 12.6. The standard InChI is InChI=1S/C49H73N7O10/c1-33(2)27-38(46(62)53-37(45(51)61)28-34-21-15-13-16-22-34)54-48(64)41-30-36(57)32-56(41)44(60)26-20-12-10-8-6-4-3-5-7-9-11-19-25-43(59)52-39(31-42(50)58)47(63)55-40(49(65)66)29-35-23-17-14-18-24-35/h13-18,21-24,33,36-41,57H,3-12,19-20,25-32H2,1-2H3,(H2,50,58)(H2,51,61)(H,52,59)(H,53,62)(H,54,64)(H,55,63)(H,65,66)/t36?,37-,38-,39-,40-,41-/m0/s1. The second-order valence-corrected chi connectivity index (χ2v) is 17.9. The molecule has 0 aliphatic carbocycles. The van der Waals surface area contributed by atoms with Crippen molar-refractivity contribution in [1.82, 2.24) is 26.2 Å². The quantitative estimate of drug-likeness (QED) is 0.0496. The molecule has 1 aliphatic heterocycles. The van der Waals surface area contributed by atoms with Gasteiger partial charge in [-0.1, -0.05) is 139 Å². The lowest BCUT2D eigenvalue weighted by molar-refractivity contribution is -0.142. The number of aliphatic hydroxyl groups is 1. The number of likely N-dealkylation sites (tertiary alicyclic amines) is 1. The number of rotatable bonds is 32. The SMILES string of the molecule is CC(C)C[C@H](NC(=O)[C@@H]1CC(O)CN1C(=O)CCCCCCCCCCCCCCC(=O)N[C@@H](CC(N)=O)C(=O)N[C@@H](Cc1ccccc1)C(=O)O)C(=O)N[C@@H](Cc1ccccc1)C(N)=O. The lowest BCUT2D eigenvalue weighted by atomic mass is 10.0. The summed E-state index contributed by atoms with van der Waals surface area (Å²) in [6.45, 7) is 3.86. The molecular weight excluding hydrogens is 847 g/mol. The summed E-state index contributed by atoms with van der Waals surface area (Å²) < 4.78 is 0. The maximum Gasteiger partial charge on any atom is 0.326 e. The van der Waals surface area contributed by atoms with Crippen LogP contribution in [0.5, 0.6) is 0 Å². The van der Waals surface area contributed by atoms with Crippen molar-refractivity contribution >= 4 is 47.3 Å². The molecular formula is C49H73N7O10. The molecule has 1 unspecified atom stereocenters. The van der Waals surface area contributed by atoms with Gasteiger partial charge in [0.15, 0.2) is 0 Å². The largest absolute Gasteiger partial charge is 0.480 e. The summed E-state index contributed by atoms with van der Waals surface area (Å²) in [6.07, 6.45) is 10.9. The number of carbonyl (C=O) groups is 8. The molecule has 364 valence electrons. The number of nitrogens with two attached hydrogens (primary N) is 2. The highest BCUT2D eigenvalue weighted by Gasteiger charge is 2.40. The van der Waals surface area contributed by atoms with E-state index in [1.165, 1.54) is 4.90 Å². The number of hydrogen-bond donors (Lipinski definition) is 8. The topological polar surface area (TPSA) is 280 Å². The molecule has 0 aromatic heterocycles. The third kappa shape index (κ3) is 21.0. The van der Waals surface area contributed by atoms with Gasteiger partial charge in [0.2, 0.25) is 41.4 Å². The molecule has 6 atom stereocenters. The van der Waals surface area contributed by atoms with Crippen molar-refractivity contribution in [2.45, 2.75) is 172 Å². The van der Waals surface area contributed by atoms with Crippen molar-refractivity contribution in [3.63, 3.8) is 0 Å². The summed E-state index contributed by atoms with van der Waals surface area (Å²) in [5.74, 6) is -5.19. The second kappa shape index (κ2) is 29.6. The lowest BCUT2D eigenvalue weighted by Gasteiger charge is -2.27. The Morgan fingerprint density at radius 2 is 1.09 bits per heavy atom. The Kier molecular flexibility index (Phi) is 24.5. The van der Waals surface area contributed by atoms with Crippen LogP contribution in [0.3, 0.4) is 0 Å². The lowest BCUT2D eigenvalue weighted by Crippen LogP contribution is -2.56. The van der Waals surface area contributed by atoms with Crippen LogP contribution in [0.2, 0.25) is 0 Å². The number of unbranched alkanes of at least 4 members (excludes halogenated alkanes) is 11. The number of carboxylic acid groups (broad SMARTS) is 1. The first-order valence-corrected chi connectivity index (χ1v) is 23.6. The van der Waals surface area contributed by atoms with Gasteiger partial charge in [0.1, 0.15) is 30.2 Å². The minimum atomic E-state index is -1.28. The highest BCUT2D eigenvalue weighted by molar-refractivity contribution is 5.95. The molecule has 66 heavy (non-hydrogen) atoms. The number of primary amides is 2. The minimum Gasteiger partial charge on any atom is -0.480 e. The molecule has 17 nitrogen and oxygen atoms in total. The van der Waals surface area contributed by atoms with Gasteiger partial charge in [-0.3, -0.25) is 33.6 Å². The van der Waals surface area contributed by atoms with Gasteiger partial charge in [-0.05, 0) is 36.3 Å². The number of carbonyl (C=O) groups excluding carboxylic acids is 7. The fraction of sp³-hybridized carbons (Fsp3) is 0.592. The van der Waals surface area contributed by atoms with E-state index in [4.69, 9.17) is 11.5 Å². The normalized spacial score (nSPS) is 16.4. The number of benzene rings is 2. The third-order valence-corrected chi connectivity index (χ3v) is 11.7. The van der Waals surface area contributed by atoms with E-state index in [-0.39, 0.29) is 50.5 Å². The molecule has 1 heterocycles. The molecule has 1 fully saturated rings. The average molecular weight is 920 g/mol. The average Bonchev–Trinajstić information content (AvgIpc) is 3.67. The molecule has 0 radical (unpaired) electrons. The zero-order valence-corrected chi connectivity index (χ0v) is 38.7. The van der Waals surface area contributed by atoms with Crippen molar-refractivity contribution in [2.75, 3.05) is 6.54 Å². The number of amides is 7. The number of nitrogens with one attached hydrogen (secondary N) is 4. The zero-order valence-electron chi connectivity index (χ0n) is 38.7. The van der Waals surface area contributed by atoms with E-state index in [9.17, 15) is 48.6 Å². The van der Waals surface area contributed by atoms with Crippen molar-refractivity contribution in [3.8, 4) is 0 Å². The molecule has 10 N–H and O–H groups in total. The van der Waals surface area contributed by atoms with Crippen LogP contribution in [0, 0.1) is 5.92 Å². The Labute approximate surface area is 389 Å². The Balaban J connectivity index is 1.28. The highest BCUT2D eigenvalue weighted by Crippen LogP contribution is 2.22. The van der Waals surface area contributed by atoms with Gasteiger partial charge >= 0.3 is 5.97 Å². The van der Waals surface area contributed by atoms with Gasteiger partial charge in [0.05, 0.1) is 12.5 Å². The third-order valence-electron chi connectivity index (χ3n) is 11.7. The van der Waals surface area contributed by atoms with E-state index in [1.54, 1.807) is 30.3 Å². The Hall–Kier alpha value is -5.84. The maximum atomic E-state index is 13.5. The molecule has 7 amide bonds. The number of aliphatic hydroxyl groups excluding tert-OH is 1. The monoisotopic (exact) mass is 920 g/mol. The predicted molar refractivity (Wildman–Crippen MR) is 249 cm³/mol. The van der Waals surface area contributed by atoms with Crippen molar-refractivity contribution in [2.24, 2.45) is 17.4 Å². The van der Waals surface area contributed by atoms with Crippen LogP contribution in [0.25, 0.3) is 0 Å². The predicted octanol–water partition coefficient (Wildman–Crippen LogP) is 3.33. The van der Waals surface area contributed by atoms with E-state index in [2.05, 4.69) is 21.3 Å². The van der Waals surface area contributed by atoms with Crippen LogP contribution in [0.15, 0.2) is 60.7 Å². The maximum absolute atomic E-state index is 13.5. The molecule has 0 saturated carbocycles. The Bertz CT molecular complexity index is 1860. The van der Waals surface area contributed by atoms with Crippen LogP contribution in [0.4, 0.5) is 0 Å². The highest BCUT2D eigenvalue weighted by atomic mass is 16.4. The molecule has 0 bridgehead atoms. The summed E-state index contributed by atoms with van der Waals surface area (Å²) in [5.41, 5.74) is 12.5. The van der Waals surface area contributed by atoms with Crippen LogP contribution >= 0.6 is 0 Å². The number of nitrogens with zero attached hydrogens (tertiary/aromatic N) is 1. The van der Waals surface area contributed by atoms with Gasteiger partial charge < -0.3 is 47.8 Å². The second-order valence-electron chi connectivity index (χ2n) is 17.9. The molecule has 3 rings (SSSR count). The summed E-state index contributed by atoms with van der Waals surface area (Å²) in [5, 5.41) is 30.5. The van der Waals surface area contributed by atoms with Gasteiger partial charge in [-0.25, -0.2) is 4.79 Å². The van der Waals surface area contributed by atoms with Gasteiger partial charge in [0.25, 0.3) is 0 Å². The summed E-state index contributed by atoms with van der Waals surface area (Å²) >= 11 is 0. The Morgan fingerprint density at radius 3 is 1.58 bits per heavy atom. The Morgan fingerprint density at radius 1 is 0.621 bits per heavy atom. The number of aliphatic carboxylic acids is 1. The van der Waals surface area contributed by atoms with Crippen molar-refractivity contribution in [3.05, 3.63) is 71.8 Å². The fourth-order valence-corrected chi connectivity index (χ4v) is 8.13. The number of carboxylic acids is 1. The summed E-state index contributed by atoms with van der Waals surface area (Å²) in [4.78, 5) is 103.